The van der Waals surface area contributed by atoms with Crippen LogP contribution in [0, 0.1) is 0 Å². The standard InChI is InChI=1S/C6H14N2O/c1-5(7)4-6(9)8(2)3/h5H,4,7H2,1-3H3. The van der Waals surface area contributed by atoms with Crippen molar-refractivity contribution in [2.45, 2.75) is 19.4 Å². The quantitative estimate of drug-likeness (QED) is 0.563. The van der Waals surface area contributed by atoms with Crippen molar-refractivity contribution in [3.63, 3.8) is 0 Å². The molecule has 0 radical (unpaired) electrons. The monoisotopic (exact) mass is 130 g/mol. The Morgan fingerprint density at radius 2 is 2.11 bits per heavy atom. The van der Waals surface area contributed by atoms with Crippen molar-refractivity contribution in [3.05, 3.63) is 0 Å². The number of nitrogens with two attached hydrogens (primary N) is 1. The van der Waals surface area contributed by atoms with Crippen LogP contribution in [-0.2, 0) is 4.79 Å². The van der Waals surface area contributed by atoms with Gasteiger partial charge in [-0.25, -0.2) is 0 Å². The lowest BCUT2D eigenvalue weighted by molar-refractivity contribution is -0.128. The van der Waals surface area contributed by atoms with Gasteiger partial charge in [-0.1, -0.05) is 0 Å². The summed E-state index contributed by atoms with van der Waals surface area (Å²) in [6.45, 7) is 1.82. The van der Waals surface area contributed by atoms with E-state index in [2.05, 4.69) is 0 Å². The summed E-state index contributed by atoms with van der Waals surface area (Å²) in [5.74, 6) is 0.0880. The first-order valence-corrected chi connectivity index (χ1v) is 2.99. The predicted molar refractivity (Wildman–Crippen MR) is 37.0 cm³/mol. The van der Waals surface area contributed by atoms with Gasteiger partial charge >= 0.3 is 0 Å². The molecule has 0 saturated carbocycles. The molecule has 0 aromatic heterocycles. The number of hydrogen-bond donors (Lipinski definition) is 1. The van der Waals surface area contributed by atoms with Crippen LogP contribution in [0.5, 0.6) is 0 Å². The number of carbonyl (C=O) groups excluding carboxylic acids is 1. The normalized spacial score (nSPS) is 12.9. The van der Waals surface area contributed by atoms with Crippen molar-refractivity contribution in [2.75, 3.05) is 14.1 Å². The summed E-state index contributed by atoms with van der Waals surface area (Å²) in [5.41, 5.74) is 5.38. The van der Waals surface area contributed by atoms with Gasteiger partial charge in [0, 0.05) is 26.6 Å². The first-order valence-electron chi connectivity index (χ1n) is 2.99. The van der Waals surface area contributed by atoms with E-state index in [9.17, 15) is 4.79 Å². The highest BCUT2D eigenvalue weighted by Gasteiger charge is 2.05. The largest absolute Gasteiger partial charge is 0.349 e. The van der Waals surface area contributed by atoms with Crippen LogP contribution in [0.1, 0.15) is 13.3 Å². The minimum absolute atomic E-state index is 0.0279. The maximum Gasteiger partial charge on any atom is 0.223 e. The molecule has 0 spiro atoms. The fourth-order valence-electron chi connectivity index (χ4n) is 0.458. The molecular weight excluding hydrogens is 116 g/mol. The number of carbonyl (C=O) groups is 1. The van der Waals surface area contributed by atoms with Gasteiger partial charge in [-0.2, -0.15) is 0 Å². The molecule has 3 heteroatoms. The Morgan fingerprint density at radius 1 is 1.67 bits per heavy atom. The van der Waals surface area contributed by atoms with Crippen LogP contribution in [0.25, 0.3) is 0 Å². The Morgan fingerprint density at radius 3 is 2.22 bits per heavy atom. The molecule has 0 aliphatic rings. The minimum Gasteiger partial charge on any atom is -0.349 e. The number of hydrogen-bond acceptors (Lipinski definition) is 2. The Bertz CT molecular complexity index is 99.2. The highest BCUT2D eigenvalue weighted by Crippen LogP contribution is 1.89. The summed E-state index contributed by atoms with van der Waals surface area (Å²) in [6.07, 6.45) is 0.438. The maximum absolute atomic E-state index is 10.8. The van der Waals surface area contributed by atoms with Crippen LogP contribution < -0.4 is 5.73 Å². The van der Waals surface area contributed by atoms with E-state index in [4.69, 9.17) is 5.73 Å². The molecule has 1 amide bonds. The highest BCUT2D eigenvalue weighted by molar-refractivity contribution is 5.76. The Balaban J connectivity index is 3.51. The summed E-state index contributed by atoms with van der Waals surface area (Å²) in [6, 6.07) is -0.0279. The minimum atomic E-state index is -0.0279. The molecule has 1 atom stereocenters. The zero-order valence-electron chi connectivity index (χ0n) is 6.22. The van der Waals surface area contributed by atoms with E-state index in [1.54, 1.807) is 19.0 Å². The summed E-state index contributed by atoms with van der Waals surface area (Å²) in [4.78, 5) is 12.3. The van der Waals surface area contributed by atoms with Crippen molar-refractivity contribution in [1.82, 2.24) is 4.90 Å². The lowest BCUT2D eigenvalue weighted by Crippen LogP contribution is -2.28. The molecule has 0 aromatic rings. The lowest BCUT2D eigenvalue weighted by Gasteiger charge is -2.11. The van der Waals surface area contributed by atoms with Gasteiger partial charge in [0.1, 0.15) is 0 Å². The van der Waals surface area contributed by atoms with Gasteiger partial charge in [0.05, 0.1) is 0 Å². The molecule has 3 nitrogen and oxygen atoms in total. The van der Waals surface area contributed by atoms with E-state index in [1.807, 2.05) is 6.92 Å². The molecule has 54 valence electrons. The van der Waals surface area contributed by atoms with Gasteiger partial charge in [-0.15, -0.1) is 0 Å². The molecular formula is C6H14N2O. The first kappa shape index (κ1) is 8.43. The predicted octanol–water partition coefficient (Wildman–Crippen LogP) is -0.188. The van der Waals surface area contributed by atoms with Crippen molar-refractivity contribution in [1.29, 1.82) is 0 Å². The zero-order valence-corrected chi connectivity index (χ0v) is 6.22. The molecule has 0 fully saturated rings. The van der Waals surface area contributed by atoms with Crippen molar-refractivity contribution < 1.29 is 4.79 Å². The van der Waals surface area contributed by atoms with Crippen LogP contribution in [0.15, 0.2) is 0 Å². The third-order valence-electron chi connectivity index (χ3n) is 0.995. The molecule has 0 aliphatic carbocycles. The van der Waals surface area contributed by atoms with Crippen molar-refractivity contribution in [2.24, 2.45) is 5.73 Å². The summed E-state index contributed by atoms with van der Waals surface area (Å²) >= 11 is 0. The zero-order chi connectivity index (χ0) is 7.44. The van der Waals surface area contributed by atoms with Gasteiger partial charge in [0.25, 0.3) is 0 Å². The van der Waals surface area contributed by atoms with Gasteiger partial charge in [0.2, 0.25) is 5.91 Å². The molecule has 0 aliphatic heterocycles. The Hall–Kier alpha value is -0.570. The molecule has 0 aromatic carbocycles. The van der Waals surface area contributed by atoms with Crippen LogP contribution in [0.4, 0.5) is 0 Å². The van der Waals surface area contributed by atoms with Crippen LogP contribution in [-0.4, -0.2) is 30.9 Å². The third kappa shape index (κ3) is 3.97. The number of rotatable bonds is 2. The van der Waals surface area contributed by atoms with E-state index in [1.165, 1.54) is 0 Å². The number of amides is 1. The number of nitrogens with zero attached hydrogens (tertiary/aromatic N) is 1. The smallest absolute Gasteiger partial charge is 0.223 e. The summed E-state index contributed by atoms with van der Waals surface area (Å²) in [5, 5.41) is 0. The molecule has 9 heavy (non-hydrogen) atoms. The van der Waals surface area contributed by atoms with Crippen LogP contribution in [0.2, 0.25) is 0 Å². The molecule has 1 unspecified atom stereocenters. The summed E-state index contributed by atoms with van der Waals surface area (Å²) < 4.78 is 0. The van der Waals surface area contributed by atoms with E-state index in [0.717, 1.165) is 0 Å². The fraction of sp³-hybridized carbons (Fsp3) is 0.833. The second kappa shape index (κ2) is 3.45. The SMILES string of the molecule is CC(N)CC(=O)N(C)C. The van der Waals surface area contributed by atoms with E-state index in [0.29, 0.717) is 6.42 Å². The molecule has 0 bridgehead atoms. The van der Waals surface area contributed by atoms with Crippen LogP contribution >= 0.6 is 0 Å². The fourth-order valence-corrected chi connectivity index (χ4v) is 0.458. The van der Waals surface area contributed by atoms with Gasteiger partial charge in [-0.3, -0.25) is 4.79 Å². The summed E-state index contributed by atoms with van der Waals surface area (Å²) in [7, 11) is 3.45. The lowest BCUT2D eigenvalue weighted by atomic mass is 10.2. The van der Waals surface area contributed by atoms with E-state index < -0.39 is 0 Å². The van der Waals surface area contributed by atoms with Crippen molar-refractivity contribution >= 4 is 5.91 Å². The van der Waals surface area contributed by atoms with Crippen LogP contribution in [0.3, 0.4) is 0 Å². The molecule has 0 heterocycles. The van der Waals surface area contributed by atoms with Crippen molar-refractivity contribution in [3.8, 4) is 0 Å². The highest BCUT2D eigenvalue weighted by atomic mass is 16.2. The van der Waals surface area contributed by atoms with E-state index >= 15 is 0 Å². The topological polar surface area (TPSA) is 46.3 Å². The van der Waals surface area contributed by atoms with E-state index in [-0.39, 0.29) is 11.9 Å². The third-order valence-corrected chi connectivity index (χ3v) is 0.995. The molecule has 2 N–H and O–H groups in total. The Labute approximate surface area is 55.8 Å². The van der Waals surface area contributed by atoms with Gasteiger partial charge in [0.15, 0.2) is 0 Å². The first-order chi connectivity index (χ1) is 4.04. The average molecular weight is 130 g/mol. The Kier molecular flexibility index (Phi) is 3.24. The average Bonchev–Trinajstić information content (AvgIpc) is 1.63. The molecule has 0 rings (SSSR count). The maximum atomic E-state index is 10.8. The molecule has 0 saturated heterocycles. The second-order valence-electron chi connectivity index (χ2n) is 2.47. The second-order valence-corrected chi connectivity index (χ2v) is 2.47. The van der Waals surface area contributed by atoms with Gasteiger partial charge < -0.3 is 10.6 Å². The van der Waals surface area contributed by atoms with Gasteiger partial charge in [-0.05, 0) is 6.92 Å².